The highest BCUT2D eigenvalue weighted by atomic mass is 79.9. The smallest absolute Gasteiger partial charge is 0.0580 e. The molecule has 1 aliphatic carbocycles. The number of rotatable bonds is 6. The first kappa shape index (κ1) is 14.1. The molecule has 1 unspecified atom stereocenters. The van der Waals surface area contributed by atoms with E-state index in [1.807, 2.05) is 0 Å². The van der Waals surface area contributed by atoms with Crippen molar-refractivity contribution in [3.8, 4) is 0 Å². The molecular weight excluding hydrogens is 288 g/mol. The van der Waals surface area contributed by atoms with Crippen LogP contribution in [0.25, 0.3) is 0 Å². The minimum atomic E-state index is 0.496. The maximum Gasteiger partial charge on any atom is 0.0580 e. The lowest BCUT2D eigenvalue weighted by Crippen LogP contribution is -2.31. The molecule has 0 radical (unpaired) electrons. The van der Waals surface area contributed by atoms with Gasteiger partial charge in [0.05, 0.1) is 6.10 Å². The van der Waals surface area contributed by atoms with Gasteiger partial charge < -0.3 is 4.74 Å². The molecular formula is C16H23BrO. The number of hydrogen-bond donors (Lipinski definition) is 0. The van der Waals surface area contributed by atoms with Gasteiger partial charge in [0.2, 0.25) is 0 Å². The van der Waals surface area contributed by atoms with Gasteiger partial charge in [-0.05, 0) is 49.7 Å². The first-order valence-electron chi connectivity index (χ1n) is 7.07. The van der Waals surface area contributed by atoms with Gasteiger partial charge in [0.15, 0.2) is 0 Å². The molecule has 1 fully saturated rings. The summed E-state index contributed by atoms with van der Waals surface area (Å²) in [7, 11) is 0. The van der Waals surface area contributed by atoms with E-state index < -0.39 is 0 Å². The van der Waals surface area contributed by atoms with E-state index in [1.165, 1.54) is 30.4 Å². The number of hydrogen-bond acceptors (Lipinski definition) is 1. The highest BCUT2D eigenvalue weighted by Gasteiger charge is 2.31. The third-order valence-electron chi connectivity index (χ3n) is 3.88. The third kappa shape index (κ3) is 3.58. The summed E-state index contributed by atoms with van der Waals surface area (Å²) < 4.78 is 5.61. The molecule has 0 spiro atoms. The van der Waals surface area contributed by atoms with Crippen molar-refractivity contribution in [2.75, 3.05) is 6.61 Å². The van der Waals surface area contributed by atoms with E-state index in [-0.39, 0.29) is 0 Å². The van der Waals surface area contributed by atoms with Gasteiger partial charge in [-0.15, -0.1) is 0 Å². The summed E-state index contributed by atoms with van der Waals surface area (Å²) >= 11 is 3.83. The van der Waals surface area contributed by atoms with E-state index in [0.29, 0.717) is 10.9 Å². The summed E-state index contributed by atoms with van der Waals surface area (Å²) in [6, 6.07) is 9.01. The fourth-order valence-electron chi connectivity index (χ4n) is 2.63. The second-order valence-corrected chi connectivity index (χ2v) is 6.32. The summed E-state index contributed by atoms with van der Waals surface area (Å²) in [6.45, 7) is 5.13. The molecule has 1 aromatic carbocycles. The van der Waals surface area contributed by atoms with Crippen LogP contribution in [0, 0.1) is 5.92 Å². The molecule has 1 aromatic rings. The Balaban J connectivity index is 1.79. The molecule has 2 heteroatoms. The topological polar surface area (TPSA) is 9.23 Å². The van der Waals surface area contributed by atoms with Crippen molar-refractivity contribution in [2.24, 2.45) is 5.92 Å². The second-order valence-electron chi connectivity index (χ2n) is 5.21. The van der Waals surface area contributed by atoms with Gasteiger partial charge in [0, 0.05) is 11.4 Å². The van der Waals surface area contributed by atoms with Crippen molar-refractivity contribution in [2.45, 2.75) is 50.5 Å². The Kier molecular flexibility index (Phi) is 5.25. The van der Waals surface area contributed by atoms with Crippen molar-refractivity contribution >= 4 is 15.9 Å². The summed E-state index contributed by atoms with van der Waals surface area (Å²) in [6.07, 6.45) is 5.36. The van der Waals surface area contributed by atoms with Crippen LogP contribution in [-0.4, -0.2) is 12.7 Å². The van der Waals surface area contributed by atoms with Gasteiger partial charge >= 0.3 is 0 Å². The summed E-state index contributed by atoms with van der Waals surface area (Å²) in [5.74, 6) is 0.830. The van der Waals surface area contributed by atoms with Crippen LogP contribution in [0.3, 0.4) is 0 Å². The average Bonchev–Trinajstić information content (AvgIpc) is 2.36. The highest BCUT2D eigenvalue weighted by molar-refractivity contribution is 9.09. The minimum Gasteiger partial charge on any atom is -0.378 e. The van der Waals surface area contributed by atoms with E-state index in [4.69, 9.17) is 4.74 Å². The van der Waals surface area contributed by atoms with Crippen LogP contribution >= 0.6 is 15.9 Å². The maximum atomic E-state index is 5.61. The Morgan fingerprint density at radius 2 is 1.89 bits per heavy atom. The monoisotopic (exact) mass is 310 g/mol. The zero-order valence-electron chi connectivity index (χ0n) is 11.4. The van der Waals surface area contributed by atoms with Crippen molar-refractivity contribution in [3.05, 3.63) is 35.4 Å². The van der Waals surface area contributed by atoms with Crippen LogP contribution in [0.15, 0.2) is 24.3 Å². The van der Waals surface area contributed by atoms with Gasteiger partial charge in [-0.25, -0.2) is 0 Å². The molecule has 0 saturated heterocycles. The molecule has 0 aliphatic heterocycles. The first-order valence-corrected chi connectivity index (χ1v) is 7.99. The molecule has 1 nitrogen and oxygen atoms in total. The quantitative estimate of drug-likeness (QED) is 0.680. The summed E-state index contributed by atoms with van der Waals surface area (Å²) in [5.41, 5.74) is 2.82. The zero-order valence-corrected chi connectivity index (χ0v) is 12.9. The van der Waals surface area contributed by atoms with E-state index in [9.17, 15) is 0 Å². The molecule has 1 atom stereocenters. The summed E-state index contributed by atoms with van der Waals surface area (Å²) in [5, 5.41) is 0. The molecule has 0 N–H and O–H groups in total. The molecule has 0 aromatic heterocycles. The van der Waals surface area contributed by atoms with Crippen LogP contribution in [0.1, 0.15) is 49.1 Å². The molecule has 0 bridgehead atoms. The van der Waals surface area contributed by atoms with Crippen molar-refractivity contribution in [1.82, 2.24) is 0 Å². The fourth-order valence-corrected chi connectivity index (χ4v) is 3.46. The Morgan fingerprint density at radius 1 is 1.22 bits per heavy atom. The molecule has 1 aliphatic rings. The number of halogens is 1. The summed E-state index contributed by atoms with van der Waals surface area (Å²) in [4.78, 5) is 0.496. The SMILES string of the molecule is CCOC1CC(CC(Br)c2ccc(CC)cc2)C1. The van der Waals surface area contributed by atoms with Crippen LogP contribution in [-0.2, 0) is 11.2 Å². The highest BCUT2D eigenvalue weighted by Crippen LogP contribution is 2.40. The predicted molar refractivity (Wildman–Crippen MR) is 80.2 cm³/mol. The van der Waals surface area contributed by atoms with Crippen LogP contribution in [0.2, 0.25) is 0 Å². The Labute approximate surface area is 119 Å². The van der Waals surface area contributed by atoms with Gasteiger partial charge in [-0.1, -0.05) is 47.1 Å². The number of ether oxygens (including phenoxy) is 1. The van der Waals surface area contributed by atoms with Crippen LogP contribution in [0.4, 0.5) is 0 Å². The second kappa shape index (κ2) is 6.72. The van der Waals surface area contributed by atoms with E-state index in [0.717, 1.165) is 18.9 Å². The largest absolute Gasteiger partial charge is 0.378 e. The van der Waals surface area contributed by atoms with Gasteiger partial charge in [0.1, 0.15) is 0 Å². The van der Waals surface area contributed by atoms with Crippen molar-refractivity contribution in [3.63, 3.8) is 0 Å². The predicted octanol–water partition coefficient (Wildman–Crippen LogP) is 4.89. The van der Waals surface area contributed by atoms with Crippen molar-refractivity contribution < 1.29 is 4.74 Å². The molecule has 100 valence electrons. The first-order chi connectivity index (χ1) is 8.72. The standard InChI is InChI=1S/C16H23BrO/c1-3-12-5-7-14(8-6-12)16(17)11-13-9-15(10-13)18-4-2/h5-8,13,15-16H,3-4,9-11H2,1-2H3. The third-order valence-corrected chi connectivity index (χ3v) is 4.79. The molecule has 0 heterocycles. The molecule has 0 amide bonds. The van der Waals surface area contributed by atoms with E-state index >= 15 is 0 Å². The van der Waals surface area contributed by atoms with Crippen LogP contribution < -0.4 is 0 Å². The normalized spacial score (nSPS) is 24.6. The fraction of sp³-hybridized carbons (Fsp3) is 0.625. The Bertz CT molecular complexity index is 354. The van der Waals surface area contributed by atoms with E-state index in [1.54, 1.807) is 0 Å². The van der Waals surface area contributed by atoms with Gasteiger partial charge in [-0.2, -0.15) is 0 Å². The Hall–Kier alpha value is -0.340. The average molecular weight is 311 g/mol. The zero-order chi connectivity index (χ0) is 13.0. The maximum absolute atomic E-state index is 5.61. The number of benzene rings is 1. The minimum absolute atomic E-state index is 0.496. The molecule has 2 rings (SSSR count). The van der Waals surface area contributed by atoms with E-state index in [2.05, 4.69) is 54.0 Å². The number of aryl methyl sites for hydroxylation is 1. The van der Waals surface area contributed by atoms with Crippen LogP contribution in [0.5, 0.6) is 0 Å². The molecule has 1 saturated carbocycles. The van der Waals surface area contributed by atoms with Crippen molar-refractivity contribution in [1.29, 1.82) is 0 Å². The lowest BCUT2D eigenvalue weighted by molar-refractivity contribution is -0.0264. The van der Waals surface area contributed by atoms with Gasteiger partial charge in [0.25, 0.3) is 0 Å². The lowest BCUT2D eigenvalue weighted by Gasteiger charge is -2.36. The lowest BCUT2D eigenvalue weighted by atomic mass is 9.78. The molecule has 18 heavy (non-hydrogen) atoms. The Morgan fingerprint density at radius 3 is 2.44 bits per heavy atom. The van der Waals surface area contributed by atoms with Gasteiger partial charge in [-0.3, -0.25) is 0 Å². The number of alkyl halides is 1.